The number of thiocarbonyl (C=S) groups is 1. The summed E-state index contributed by atoms with van der Waals surface area (Å²) in [4.78, 5) is 4.85. The van der Waals surface area contributed by atoms with Crippen LogP contribution in [-0.2, 0) is 11.3 Å². The van der Waals surface area contributed by atoms with Crippen LogP contribution in [0.1, 0.15) is 24.8 Å². The Bertz CT molecular complexity index is 460. The third-order valence-corrected chi connectivity index (χ3v) is 5.50. The second-order valence-corrected chi connectivity index (χ2v) is 7.24. The predicted molar refractivity (Wildman–Crippen MR) is 95.4 cm³/mol. The molecule has 0 aliphatic carbocycles. The molecule has 0 saturated carbocycles. The van der Waals surface area contributed by atoms with Crippen molar-refractivity contribution in [3.8, 4) is 0 Å². The van der Waals surface area contributed by atoms with E-state index in [1.165, 1.54) is 18.4 Å². The molecule has 6 heteroatoms. The van der Waals surface area contributed by atoms with Crippen LogP contribution in [0.4, 0.5) is 0 Å². The van der Waals surface area contributed by atoms with Crippen molar-refractivity contribution >= 4 is 28.7 Å². The van der Waals surface area contributed by atoms with E-state index < -0.39 is 0 Å². The largest absolute Gasteiger partial charge is 0.376 e. The van der Waals surface area contributed by atoms with Gasteiger partial charge in [0.05, 0.1) is 6.10 Å². The van der Waals surface area contributed by atoms with E-state index in [0.29, 0.717) is 6.10 Å². The van der Waals surface area contributed by atoms with Gasteiger partial charge in [0.25, 0.3) is 0 Å². The Kier molecular flexibility index (Phi) is 6.06. The van der Waals surface area contributed by atoms with Crippen molar-refractivity contribution in [3.63, 3.8) is 0 Å². The minimum atomic E-state index is 0.347. The van der Waals surface area contributed by atoms with Crippen LogP contribution in [0.5, 0.6) is 0 Å². The molecule has 2 fully saturated rings. The summed E-state index contributed by atoms with van der Waals surface area (Å²) in [5, 5.41) is 8.70. The molecule has 2 saturated heterocycles. The fourth-order valence-corrected chi connectivity index (χ4v) is 4.02. The Labute approximate surface area is 142 Å². The number of rotatable bonds is 4. The quantitative estimate of drug-likeness (QED) is 0.850. The number of ether oxygens (including phenoxy) is 1. The lowest BCUT2D eigenvalue weighted by atomic mass is 10.2. The van der Waals surface area contributed by atoms with Gasteiger partial charge in [0, 0.05) is 45.9 Å². The third kappa shape index (κ3) is 4.65. The third-order valence-electron chi connectivity index (χ3n) is 4.37. The first kappa shape index (κ1) is 16.2. The van der Waals surface area contributed by atoms with Gasteiger partial charge in [-0.2, -0.15) is 11.3 Å². The highest BCUT2D eigenvalue weighted by Gasteiger charge is 2.19. The highest BCUT2D eigenvalue weighted by Crippen LogP contribution is 2.13. The van der Waals surface area contributed by atoms with E-state index in [0.717, 1.165) is 57.4 Å². The second kappa shape index (κ2) is 8.24. The number of nitrogens with zero attached hydrogens (tertiary/aromatic N) is 2. The molecule has 1 atom stereocenters. The van der Waals surface area contributed by atoms with Crippen LogP contribution < -0.4 is 5.32 Å². The lowest BCUT2D eigenvalue weighted by Gasteiger charge is -2.25. The summed E-state index contributed by atoms with van der Waals surface area (Å²) in [5.74, 6) is 0. The molecule has 122 valence electrons. The van der Waals surface area contributed by atoms with Gasteiger partial charge in [-0.15, -0.1) is 0 Å². The lowest BCUT2D eigenvalue weighted by Crippen LogP contribution is -2.44. The molecule has 0 spiro atoms. The average Bonchev–Trinajstić information content (AvgIpc) is 3.16. The van der Waals surface area contributed by atoms with E-state index in [-0.39, 0.29) is 0 Å². The molecule has 1 aromatic rings. The molecule has 1 N–H and O–H groups in total. The van der Waals surface area contributed by atoms with Crippen LogP contribution in [0.15, 0.2) is 16.8 Å². The first-order chi connectivity index (χ1) is 10.8. The van der Waals surface area contributed by atoms with E-state index in [2.05, 4.69) is 31.9 Å². The Balaban J connectivity index is 1.42. The van der Waals surface area contributed by atoms with Crippen molar-refractivity contribution in [2.45, 2.75) is 31.9 Å². The van der Waals surface area contributed by atoms with Gasteiger partial charge in [0.2, 0.25) is 0 Å². The van der Waals surface area contributed by atoms with E-state index in [1.54, 1.807) is 11.3 Å². The van der Waals surface area contributed by atoms with Crippen molar-refractivity contribution in [2.24, 2.45) is 0 Å². The van der Waals surface area contributed by atoms with E-state index in [9.17, 15) is 0 Å². The molecule has 3 heterocycles. The molecule has 0 radical (unpaired) electrons. The summed E-state index contributed by atoms with van der Waals surface area (Å²) in [7, 11) is 0. The SMILES string of the molecule is S=C(NCC1CCCO1)N1CCCN(Cc2ccsc2)CC1. The Hall–Kier alpha value is -0.690. The van der Waals surface area contributed by atoms with Gasteiger partial charge in [0.15, 0.2) is 5.11 Å². The van der Waals surface area contributed by atoms with Crippen molar-refractivity contribution in [3.05, 3.63) is 22.4 Å². The van der Waals surface area contributed by atoms with E-state index in [4.69, 9.17) is 17.0 Å². The van der Waals surface area contributed by atoms with Crippen molar-refractivity contribution in [2.75, 3.05) is 39.3 Å². The van der Waals surface area contributed by atoms with Crippen molar-refractivity contribution < 1.29 is 4.74 Å². The zero-order chi connectivity index (χ0) is 15.2. The fraction of sp³-hybridized carbons (Fsp3) is 0.688. The maximum atomic E-state index is 5.64. The van der Waals surface area contributed by atoms with Gasteiger partial charge in [-0.3, -0.25) is 4.90 Å². The van der Waals surface area contributed by atoms with Gasteiger partial charge in [0.1, 0.15) is 0 Å². The summed E-state index contributed by atoms with van der Waals surface area (Å²) >= 11 is 7.34. The number of nitrogens with one attached hydrogen (secondary N) is 1. The number of hydrogen-bond donors (Lipinski definition) is 1. The van der Waals surface area contributed by atoms with Gasteiger partial charge in [-0.25, -0.2) is 0 Å². The first-order valence-corrected chi connectivity index (χ1v) is 9.54. The number of hydrogen-bond acceptors (Lipinski definition) is 4. The van der Waals surface area contributed by atoms with Crippen LogP contribution >= 0.6 is 23.6 Å². The highest BCUT2D eigenvalue weighted by molar-refractivity contribution is 7.80. The topological polar surface area (TPSA) is 27.7 Å². The fourth-order valence-electron chi connectivity index (χ4n) is 3.09. The molecule has 0 bridgehead atoms. The van der Waals surface area contributed by atoms with Crippen LogP contribution in [0, 0.1) is 0 Å². The van der Waals surface area contributed by atoms with E-state index in [1.807, 2.05) is 0 Å². The predicted octanol–water partition coefficient (Wildman–Crippen LogP) is 2.31. The van der Waals surface area contributed by atoms with Gasteiger partial charge >= 0.3 is 0 Å². The van der Waals surface area contributed by atoms with Crippen molar-refractivity contribution in [1.29, 1.82) is 0 Å². The highest BCUT2D eigenvalue weighted by atomic mass is 32.1. The molecule has 1 aromatic heterocycles. The zero-order valence-corrected chi connectivity index (χ0v) is 14.6. The second-order valence-electron chi connectivity index (χ2n) is 6.07. The molecule has 0 aromatic carbocycles. The van der Waals surface area contributed by atoms with E-state index >= 15 is 0 Å². The molecule has 1 unspecified atom stereocenters. The molecule has 3 rings (SSSR count). The lowest BCUT2D eigenvalue weighted by molar-refractivity contribution is 0.113. The normalized spacial score (nSPS) is 23.5. The Morgan fingerprint density at radius 2 is 2.27 bits per heavy atom. The summed E-state index contributed by atoms with van der Waals surface area (Å²) in [6.07, 6.45) is 3.86. The van der Waals surface area contributed by atoms with Gasteiger partial charge in [-0.1, -0.05) is 0 Å². The zero-order valence-electron chi connectivity index (χ0n) is 13.0. The maximum absolute atomic E-state index is 5.64. The molecule has 2 aliphatic rings. The maximum Gasteiger partial charge on any atom is 0.169 e. The van der Waals surface area contributed by atoms with Crippen LogP contribution in [-0.4, -0.2) is 60.3 Å². The molecule has 4 nitrogen and oxygen atoms in total. The molecular formula is C16H25N3OS2. The summed E-state index contributed by atoms with van der Waals surface area (Å²) in [6.45, 7) is 7.12. The van der Waals surface area contributed by atoms with Crippen molar-refractivity contribution in [1.82, 2.24) is 15.1 Å². The Morgan fingerprint density at radius 3 is 3.05 bits per heavy atom. The minimum Gasteiger partial charge on any atom is -0.376 e. The Morgan fingerprint density at radius 1 is 1.32 bits per heavy atom. The average molecular weight is 340 g/mol. The van der Waals surface area contributed by atoms with Gasteiger partial charge in [-0.05, 0) is 53.9 Å². The minimum absolute atomic E-state index is 0.347. The first-order valence-electron chi connectivity index (χ1n) is 8.19. The van der Waals surface area contributed by atoms with Gasteiger partial charge < -0.3 is 15.0 Å². The van der Waals surface area contributed by atoms with Crippen LogP contribution in [0.25, 0.3) is 0 Å². The summed E-state index contributed by atoms with van der Waals surface area (Å²) in [6, 6.07) is 2.22. The van der Waals surface area contributed by atoms with Crippen LogP contribution in [0.3, 0.4) is 0 Å². The molecule has 0 amide bonds. The molecule has 2 aliphatic heterocycles. The summed E-state index contributed by atoms with van der Waals surface area (Å²) in [5.41, 5.74) is 1.43. The monoisotopic (exact) mass is 339 g/mol. The number of thiophene rings is 1. The summed E-state index contributed by atoms with van der Waals surface area (Å²) < 4.78 is 5.64. The van der Waals surface area contributed by atoms with Crippen LogP contribution in [0.2, 0.25) is 0 Å². The molecule has 22 heavy (non-hydrogen) atoms. The standard InChI is InChI=1S/C16H25N3OS2/c21-16(17-11-15-3-1-9-20-15)19-6-2-5-18(7-8-19)12-14-4-10-22-13-14/h4,10,13,15H,1-3,5-9,11-12H2,(H,17,21). The smallest absolute Gasteiger partial charge is 0.169 e. The molecular weight excluding hydrogens is 314 g/mol.